The van der Waals surface area contributed by atoms with Gasteiger partial charge in [-0.1, -0.05) is 6.07 Å². The molecular formula is C15H14N2O3S. The number of aliphatic carboxylic acids is 1. The van der Waals surface area contributed by atoms with E-state index in [1.54, 1.807) is 12.3 Å². The zero-order valence-corrected chi connectivity index (χ0v) is 12.2. The molecule has 0 fully saturated rings. The van der Waals surface area contributed by atoms with Gasteiger partial charge in [-0.2, -0.15) is 0 Å². The van der Waals surface area contributed by atoms with Crippen molar-refractivity contribution in [2.45, 2.75) is 13.5 Å². The number of carbonyl (C=O) groups excluding carboxylic acids is 1. The van der Waals surface area contributed by atoms with E-state index in [-0.39, 0.29) is 5.91 Å². The predicted molar refractivity (Wildman–Crippen MR) is 81.1 cm³/mol. The summed E-state index contributed by atoms with van der Waals surface area (Å²) in [5.41, 5.74) is 1.66. The number of carbonyl (C=O) groups is 2. The molecule has 21 heavy (non-hydrogen) atoms. The summed E-state index contributed by atoms with van der Waals surface area (Å²) in [4.78, 5) is 28.0. The lowest BCUT2D eigenvalue weighted by Gasteiger charge is -2.02. The molecular weight excluding hydrogens is 288 g/mol. The molecule has 0 atom stereocenters. The highest BCUT2D eigenvalue weighted by molar-refractivity contribution is 7.15. The maximum absolute atomic E-state index is 12.1. The molecule has 6 heteroatoms. The summed E-state index contributed by atoms with van der Waals surface area (Å²) in [6, 6.07) is 7.26. The van der Waals surface area contributed by atoms with E-state index in [9.17, 15) is 9.59 Å². The number of pyridine rings is 1. The lowest BCUT2D eigenvalue weighted by molar-refractivity contribution is -0.131. The molecule has 0 bridgehead atoms. The van der Waals surface area contributed by atoms with Crippen LogP contribution in [0.4, 0.5) is 0 Å². The summed E-state index contributed by atoms with van der Waals surface area (Å²) >= 11 is 1.26. The van der Waals surface area contributed by atoms with E-state index in [1.807, 2.05) is 25.1 Å². The first-order chi connectivity index (χ1) is 10.1. The van der Waals surface area contributed by atoms with Crippen LogP contribution in [0, 0.1) is 6.92 Å². The minimum atomic E-state index is -1.01. The van der Waals surface area contributed by atoms with Crippen LogP contribution in [0.3, 0.4) is 0 Å². The zero-order chi connectivity index (χ0) is 15.2. The van der Waals surface area contributed by atoms with Gasteiger partial charge in [-0.05, 0) is 36.8 Å². The maximum Gasteiger partial charge on any atom is 0.328 e. The molecule has 2 N–H and O–H groups in total. The number of nitrogens with zero attached hydrogens (tertiary/aromatic N) is 1. The standard InChI is InChI=1S/C15H14N2O3S/c1-10-8-13(21-12(10)5-6-14(18)19)15(20)17-9-11-4-2-3-7-16-11/h2-8H,9H2,1H3,(H,17,20)(H,18,19)/b6-5+. The molecule has 2 heterocycles. The Morgan fingerprint density at radius 3 is 2.90 bits per heavy atom. The van der Waals surface area contributed by atoms with Crippen molar-refractivity contribution in [1.82, 2.24) is 10.3 Å². The summed E-state index contributed by atoms with van der Waals surface area (Å²) in [7, 11) is 0. The molecule has 0 aliphatic rings. The molecule has 0 aliphatic heterocycles. The highest BCUT2D eigenvalue weighted by Crippen LogP contribution is 2.23. The van der Waals surface area contributed by atoms with Crippen molar-refractivity contribution in [3.8, 4) is 0 Å². The molecule has 1 amide bonds. The third kappa shape index (κ3) is 4.25. The topological polar surface area (TPSA) is 79.3 Å². The van der Waals surface area contributed by atoms with Gasteiger partial charge in [0.05, 0.1) is 17.1 Å². The van der Waals surface area contributed by atoms with Crippen LogP contribution >= 0.6 is 11.3 Å². The first-order valence-electron chi connectivity index (χ1n) is 6.26. The molecule has 5 nitrogen and oxygen atoms in total. The van der Waals surface area contributed by atoms with Crippen molar-refractivity contribution < 1.29 is 14.7 Å². The third-order valence-electron chi connectivity index (χ3n) is 2.71. The summed E-state index contributed by atoms with van der Waals surface area (Å²) in [5, 5.41) is 11.4. The highest BCUT2D eigenvalue weighted by atomic mass is 32.1. The van der Waals surface area contributed by atoms with Gasteiger partial charge in [0.25, 0.3) is 5.91 Å². The minimum Gasteiger partial charge on any atom is -0.478 e. The fourth-order valence-electron chi connectivity index (χ4n) is 1.68. The van der Waals surface area contributed by atoms with E-state index >= 15 is 0 Å². The van der Waals surface area contributed by atoms with Crippen LogP contribution in [-0.4, -0.2) is 22.0 Å². The Morgan fingerprint density at radius 1 is 1.43 bits per heavy atom. The van der Waals surface area contributed by atoms with E-state index in [0.717, 1.165) is 22.2 Å². The largest absolute Gasteiger partial charge is 0.478 e. The number of aryl methyl sites for hydroxylation is 1. The molecule has 0 aromatic carbocycles. The molecule has 2 rings (SSSR count). The molecule has 0 aliphatic carbocycles. The van der Waals surface area contributed by atoms with Gasteiger partial charge >= 0.3 is 5.97 Å². The van der Waals surface area contributed by atoms with Crippen molar-refractivity contribution in [1.29, 1.82) is 0 Å². The molecule has 108 valence electrons. The van der Waals surface area contributed by atoms with Crippen LogP contribution in [-0.2, 0) is 11.3 Å². The average molecular weight is 302 g/mol. The lowest BCUT2D eigenvalue weighted by Crippen LogP contribution is -2.22. The number of amides is 1. The third-order valence-corrected chi connectivity index (χ3v) is 3.91. The molecule has 2 aromatic rings. The molecule has 0 saturated carbocycles. The summed E-state index contributed by atoms with van der Waals surface area (Å²) in [6.45, 7) is 2.20. The molecule has 0 unspecified atom stereocenters. The van der Waals surface area contributed by atoms with Gasteiger partial charge < -0.3 is 10.4 Å². The molecule has 0 saturated heterocycles. The summed E-state index contributed by atoms with van der Waals surface area (Å²) in [6.07, 6.45) is 4.23. The van der Waals surface area contributed by atoms with Crippen molar-refractivity contribution in [2.24, 2.45) is 0 Å². The predicted octanol–water partition coefficient (Wildman–Crippen LogP) is 2.48. The number of hydrogen-bond donors (Lipinski definition) is 2. The Labute approximate surface area is 126 Å². The van der Waals surface area contributed by atoms with Crippen LogP contribution < -0.4 is 5.32 Å². The number of rotatable bonds is 5. The summed E-state index contributed by atoms with van der Waals surface area (Å²) < 4.78 is 0. The van der Waals surface area contributed by atoms with Gasteiger partial charge in [0.1, 0.15) is 0 Å². The Hall–Kier alpha value is -2.47. The monoisotopic (exact) mass is 302 g/mol. The van der Waals surface area contributed by atoms with Gasteiger partial charge in [0.15, 0.2) is 0 Å². The first kappa shape index (κ1) is 14.9. The zero-order valence-electron chi connectivity index (χ0n) is 11.4. The fourth-order valence-corrected chi connectivity index (χ4v) is 2.67. The van der Waals surface area contributed by atoms with Gasteiger partial charge in [0.2, 0.25) is 0 Å². The molecule has 0 radical (unpaired) electrons. The maximum atomic E-state index is 12.1. The van der Waals surface area contributed by atoms with Crippen molar-refractivity contribution in [3.05, 3.63) is 57.6 Å². The van der Waals surface area contributed by atoms with E-state index in [4.69, 9.17) is 5.11 Å². The smallest absolute Gasteiger partial charge is 0.328 e. The Bertz CT molecular complexity index is 677. The quantitative estimate of drug-likeness (QED) is 0.832. The van der Waals surface area contributed by atoms with Gasteiger partial charge in [-0.3, -0.25) is 9.78 Å². The van der Waals surface area contributed by atoms with E-state index in [0.29, 0.717) is 11.4 Å². The lowest BCUT2D eigenvalue weighted by atomic mass is 10.2. The highest BCUT2D eigenvalue weighted by Gasteiger charge is 2.11. The van der Waals surface area contributed by atoms with E-state index < -0.39 is 5.97 Å². The van der Waals surface area contributed by atoms with Crippen LogP contribution in [0.15, 0.2) is 36.5 Å². The number of carboxylic acid groups (broad SMARTS) is 1. The van der Waals surface area contributed by atoms with Crippen LogP contribution in [0.25, 0.3) is 6.08 Å². The Morgan fingerprint density at radius 2 is 2.24 bits per heavy atom. The molecule has 0 spiro atoms. The normalized spacial score (nSPS) is 10.7. The van der Waals surface area contributed by atoms with Crippen LogP contribution in [0.1, 0.15) is 25.8 Å². The molecule has 2 aromatic heterocycles. The fraction of sp³-hybridized carbons (Fsp3) is 0.133. The average Bonchev–Trinajstić information content (AvgIpc) is 2.85. The number of thiophene rings is 1. The second kappa shape index (κ2) is 6.81. The number of aromatic nitrogens is 1. The first-order valence-corrected chi connectivity index (χ1v) is 7.07. The number of hydrogen-bond acceptors (Lipinski definition) is 4. The second-order valence-corrected chi connectivity index (χ2v) is 5.42. The number of nitrogens with one attached hydrogen (secondary N) is 1. The van der Waals surface area contributed by atoms with Gasteiger partial charge in [-0.15, -0.1) is 11.3 Å². The SMILES string of the molecule is Cc1cc(C(=O)NCc2ccccn2)sc1/C=C/C(=O)O. The number of carboxylic acids is 1. The van der Waals surface area contributed by atoms with Crippen LogP contribution in [0.5, 0.6) is 0 Å². The van der Waals surface area contributed by atoms with Crippen molar-refractivity contribution in [2.75, 3.05) is 0 Å². The summed E-state index contributed by atoms with van der Waals surface area (Å²) in [5.74, 6) is -1.20. The Balaban J connectivity index is 2.03. The minimum absolute atomic E-state index is 0.191. The second-order valence-electron chi connectivity index (χ2n) is 4.33. The van der Waals surface area contributed by atoms with Crippen molar-refractivity contribution in [3.63, 3.8) is 0 Å². The van der Waals surface area contributed by atoms with Crippen molar-refractivity contribution >= 4 is 29.3 Å². The van der Waals surface area contributed by atoms with E-state index in [1.165, 1.54) is 17.4 Å². The van der Waals surface area contributed by atoms with Gasteiger partial charge in [-0.25, -0.2) is 4.79 Å². The van der Waals surface area contributed by atoms with E-state index in [2.05, 4.69) is 10.3 Å². The van der Waals surface area contributed by atoms with Crippen LogP contribution in [0.2, 0.25) is 0 Å². The van der Waals surface area contributed by atoms with Gasteiger partial charge in [0, 0.05) is 17.2 Å². The Kier molecular flexibility index (Phi) is 4.84.